The van der Waals surface area contributed by atoms with E-state index in [9.17, 15) is 4.79 Å². The molecule has 1 aromatic heterocycles. The fourth-order valence-electron chi connectivity index (χ4n) is 2.54. The molecule has 22 heavy (non-hydrogen) atoms. The number of hydrogen-bond acceptors (Lipinski definition) is 4. The minimum Gasteiger partial charge on any atom is -0.487 e. The van der Waals surface area contributed by atoms with Crippen molar-refractivity contribution < 1.29 is 9.53 Å². The number of ether oxygens (including phenoxy) is 1. The van der Waals surface area contributed by atoms with Crippen LogP contribution in [0.3, 0.4) is 0 Å². The van der Waals surface area contributed by atoms with Gasteiger partial charge in [-0.3, -0.25) is 4.79 Å². The lowest BCUT2D eigenvalue weighted by atomic mass is 10.1. The molecule has 0 fully saturated rings. The Kier molecular flexibility index (Phi) is 4.73. The topological polar surface area (TPSA) is 51.2 Å². The second kappa shape index (κ2) is 6.92. The van der Waals surface area contributed by atoms with Gasteiger partial charge in [0, 0.05) is 17.5 Å². The Morgan fingerprint density at radius 3 is 3.14 bits per heavy atom. The Hall–Kier alpha value is -1.88. The van der Waals surface area contributed by atoms with E-state index in [1.807, 2.05) is 18.2 Å². The van der Waals surface area contributed by atoms with Crippen LogP contribution in [0.25, 0.3) is 0 Å². The number of nitrogens with zero attached hydrogens (tertiary/aromatic N) is 1. The minimum absolute atomic E-state index is 0.0957. The average Bonchev–Trinajstić information content (AvgIpc) is 2.86. The first kappa shape index (κ1) is 15.0. The van der Waals surface area contributed by atoms with Crippen molar-refractivity contribution >= 4 is 22.9 Å². The third kappa shape index (κ3) is 3.65. The van der Waals surface area contributed by atoms with E-state index >= 15 is 0 Å². The number of aryl methyl sites for hydroxylation is 2. The molecule has 5 heteroatoms. The summed E-state index contributed by atoms with van der Waals surface area (Å²) >= 11 is 1.70. The summed E-state index contributed by atoms with van der Waals surface area (Å²) in [5.41, 5.74) is 3.04. The summed E-state index contributed by atoms with van der Waals surface area (Å²) in [5, 5.41) is 6.17. The maximum Gasteiger partial charge on any atom is 0.224 e. The van der Waals surface area contributed by atoms with Gasteiger partial charge >= 0.3 is 0 Å². The molecule has 0 radical (unpaired) electrons. The second-order valence-electron chi connectivity index (χ2n) is 5.49. The minimum atomic E-state index is 0.0957. The van der Waals surface area contributed by atoms with Gasteiger partial charge in [0.1, 0.15) is 12.4 Å². The second-order valence-corrected chi connectivity index (χ2v) is 6.43. The maximum atomic E-state index is 11.5. The van der Waals surface area contributed by atoms with Crippen LogP contribution in [-0.4, -0.2) is 10.9 Å². The highest BCUT2D eigenvalue weighted by atomic mass is 32.1. The van der Waals surface area contributed by atoms with E-state index in [1.54, 1.807) is 11.3 Å². The monoisotopic (exact) mass is 316 g/mol. The highest BCUT2D eigenvalue weighted by Crippen LogP contribution is 2.27. The Labute approximate surface area is 134 Å². The van der Waals surface area contributed by atoms with Gasteiger partial charge in [-0.25, -0.2) is 4.98 Å². The number of anilines is 1. The molecule has 0 spiro atoms. The number of carbonyl (C=O) groups is 1. The molecule has 4 nitrogen and oxygen atoms in total. The Morgan fingerprint density at radius 2 is 2.27 bits per heavy atom. The Morgan fingerprint density at radius 1 is 1.36 bits per heavy atom. The number of carbonyl (C=O) groups excluding carboxylic acids is 1. The van der Waals surface area contributed by atoms with E-state index in [-0.39, 0.29) is 5.91 Å². The molecule has 0 bridgehead atoms. The van der Waals surface area contributed by atoms with E-state index in [2.05, 4.69) is 22.6 Å². The number of benzene rings is 1. The van der Waals surface area contributed by atoms with Crippen LogP contribution in [0.15, 0.2) is 23.6 Å². The highest BCUT2D eigenvalue weighted by molar-refractivity contribution is 7.09. The fourth-order valence-corrected chi connectivity index (χ4v) is 3.43. The summed E-state index contributed by atoms with van der Waals surface area (Å²) in [6, 6.07) is 5.86. The molecular weight excluding hydrogens is 296 g/mol. The first-order valence-corrected chi connectivity index (χ1v) is 8.61. The first-order chi connectivity index (χ1) is 10.7. The lowest BCUT2D eigenvalue weighted by Gasteiger charge is -2.10. The molecule has 0 aliphatic carbocycles. The molecule has 1 amide bonds. The number of nitrogens with one attached hydrogen (secondary N) is 1. The molecular formula is C17H20N2O2S. The van der Waals surface area contributed by atoms with Crippen molar-refractivity contribution in [3.05, 3.63) is 39.8 Å². The van der Waals surface area contributed by atoms with E-state index < -0.39 is 0 Å². The van der Waals surface area contributed by atoms with Gasteiger partial charge in [0.2, 0.25) is 5.91 Å². The molecule has 3 rings (SSSR count). The largest absolute Gasteiger partial charge is 0.487 e. The predicted octanol–water partition coefficient (Wildman–Crippen LogP) is 3.95. The van der Waals surface area contributed by atoms with Crippen LogP contribution in [-0.2, 0) is 24.2 Å². The van der Waals surface area contributed by atoms with Crippen LogP contribution in [0, 0.1) is 0 Å². The summed E-state index contributed by atoms with van der Waals surface area (Å²) in [7, 11) is 0. The van der Waals surface area contributed by atoms with Gasteiger partial charge in [-0.15, -0.1) is 11.3 Å². The molecule has 0 saturated carbocycles. The zero-order valence-corrected chi connectivity index (χ0v) is 13.5. The summed E-state index contributed by atoms with van der Waals surface area (Å²) < 4.78 is 5.85. The van der Waals surface area contributed by atoms with Crippen molar-refractivity contribution in [1.29, 1.82) is 0 Å². The number of hydrogen-bond donors (Lipinski definition) is 1. The molecule has 1 aliphatic heterocycles. The number of fused-ring (bicyclic) bond motifs is 1. The molecule has 2 heterocycles. The molecule has 0 unspecified atom stereocenters. The first-order valence-electron chi connectivity index (χ1n) is 7.73. The van der Waals surface area contributed by atoms with Crippen molar-refractivity contribution in [3.8, 4) is 5.75 Å². The van der Waals surface area contributed by atoms with E-state index in [0.29, 0.717) is 13.0 Å². The van der Waals surface area contributed by atoms with Crippen LogP contribution in [0.5, 0.6) is 5.75 Å². The lowest BCUT2D eigenvalue weighted by Crippen LogP contribution is -2.09. The quantitative estimate of drug-likeness (QED) is 0.908. The summed E-state index contributed by atoms with van der Waals surface area (Å²) in [4.78, 5) is 16.1. The van der Waals surface area contributed by atoms with Crippen molar-refractivity contribution in [3.63, 3.8) is 0 Å². The number of thiazole rings is 1. The van der Waals surface area contributed by atoms with E-state index in [0.717, 1.165) is 48.4 Å². The zero-order chi connectivity index (χ0) is 15.4. The Balaban J connectivity index is 1.65. The van der Waals surface area contributed by atoms with Crippen LogP contribution >= 0.6 is 11.3 Å². The average molecular weight is 316 g/mol. The van der Waals surface area contributed by atoms with E-state index in [4.69, 9.17) is 4.74 Å². The molecule has 116 valence electrons. The van der Waals surface area contributed by atoms with Gasteiger partial charge in [0.25, 0.3) is 0 Å². The fraction of sp³-hybridized carbons (Fsp3) is 0.412. The van der Waals surface area contributed by atoms with Gasteiger partial charge in [-0.05, 0) is 49.4 Å². The van der Waals surface area contributed by atoms with Gasteiger partial charge in [-0.2, -0.15) is 0 Å². The van der Waals surface area contributed by atoms with Crippen LogP contribution < -0.4 is 10.1 Å². The molecule has 1 aromatic carbocycles. The van der Waals surface area contributed by atoms with Crippen LogP contribution in [0.4, 0.5) is 5.69 Å². The lowest BCUT2D eigenvalue weighted by molar-refractivity contribution is -0.116. The smallest absolute Gasteiger partial charge is 0.224 e. The third-order valence-corrected chi connectivity index (χ3v) is 4.61. The zero-order valence-electron chi connectivity index (χ0n) is 12.7. The maximum absolute atomic E-state index is 11.5. The number of aromatic nitrogens is 1. The summed E-state index contributed by atoms with van der Waals surface area (Å²) in [5.74, 6) is 0.929. The van der Waals surface area contributed by atoms with Crippen LogP contribution in [0.2, 0.25) is 0 Å². The number of rotatable bonds is 5. The molecule has 2 aromatic rings. The molecule has 1 aliphatic rings. The molecule has 0 atom stereocenters. The van der Waals surface area contributed by atoms with Crippen LogP contribution in [0.1, 0.15) is 42.5 Å². The summed E-state index contributed by atoms with van der Waals surface area (Å²) in [6.07, 6.45) is 4.52. The number of amides is 1. The van der Waals surface area contributed by atoms with Gasteiger partial charge in [-0.1, -0.05) is 6.92 Å². The van der Waals surface area contributed by atoms with Crippen molar-refractivity contribution in [2.75, 3.05) is 5.32 Å². The molecule has 1 N–H and O–H groups in total. The van der Waals surface area contributed by atoms with Gasteiger partial charge < -0.3 is 10.1 Å². The van der Waals surface area contributed by atoms with Gasteiger partial charge in [0.05, 0.1) is 10.7 Å². The Bertz CT molecular complexity index is 666. The third-order valence-electron chi connectivity index (χ3n) is 3.65. The van der Waals surface area contributed by atoms with E-state index in [1.165, 1.54) is 5.01 Å². The molecule has 0 saturated heterocycles. The summed E-state index contributed by atoms with van der Waals surface area (Å²) in [6.45, 7) is 2.65. The van der Waals surface area contributed by atoms with Gasteiger partial charge in [0.15, 0.2) is 0 Å². The standard InChI is InChI=1S/C17H20N2O2S/c1-2-4-17-18-13(11-22-17)10-21-14-7-8-15-12(9-14)5-3-6-16(20)19-15/h7-9,11H,2-6,10H2,1H3,(H,19,20). The SMILES string of the molecule is CCCc1nc(COc2ccc3c(c2)CCCC(=O)N3)cs1. The normalized spacial score (nSPS) is 14.1. The van der Waals surface area contributed by atoms with Crippen molar-refractivity contribution in [1.82, 2.24) is 4.98 Å². The van der Waals surface area contributed by atoms with Crippen molar-refractivity contribution in [2.45, 2.75) is 45.6 Å². The van der Waals surface area contributed by atoms with Crippen molar-refractivity contribution in [2.24, 2.45) is 0 Å². The predicted molar refractivity (Wildman–Crippen MR) is 88.5 cm³/mol. The highest BCUT2D eigenvalue weighted by Gasteiger charge is 2.13.